The van der Waals surface area contributed by atoms with Crippen LogP contribution < -0.4 is 10.2 Å². The largest absolute Gasteiger partial charge is 0.443 e. The van der Waals surface area contributed by atoms with Crippen molar-refractivity contribution >= 4 is 28.8 Å². The van der Waals surface area contributed by atoms with Gasteiger partial charge in [-0.3, -0.25) is 0 Å². The standard InChI is InChI=1S/C23H24N2O2/c1-23(2,3)27-22(26)25(20-12-8-5-9-13-20)21-16-14-19(15-17-21)24-18-10-6-4-7-11-18/h4-17,24H,1-3H3. The van der Waals surface area contributed by atoms with E-state index in [2.05, 4.69) is 5.32 Å². The number of hydrogen-bond acceptors (Lipinski definition) is 3. The molecule has 0 aliphatic heterocycles. The lowest BCUT2D eigenvalue weighted by Crippen LogP contribution is -2.33. The quantitative estimate of drug-likeness (QED) is 0.577. The van der Waals surface area contributed by atoms with E-state index >= 15 is 0 Å². The predicted octanol–water partition coefficient (Wildman–Crippen LogP) is 6.50. The minimum Gasteiger partial charge on any atom is -0.443 e. The van der Waals surface area contributed by atoms with E-state index in [0.29, 0.717) is 0 Å². The number of hydrogen-bond donors (Lipinski definition) is 1. The summed E-state index contributed by atoms with van der Waals surface area (Å²) in [6.45, 7) is 5.59. The van der Waals surface area contributed by atoms with Gasteiger partial charge in [0.2, 0.25) is 0 Å². The molecule has 3 aromatic rings. The summed E-state index contributed by atoms with van der Waals surface area (Å²) in [5.74, 6) is 0. The van der Waals surface area contributed by atoms with Crippen LogP contribution in [0.15, 0.2) is 84.9 Å². The van der Waals surface area contributed by atoms with E-state index < -0.39 is 11.7 Å². The van der Waals surface area contributed by atoms with Gasteiger partial charge in [-0.2, -0.15) is 0 Å². The van der Waals surface area contributed by atoms with Crippen molar-refractivity contribution in [2.24, 2.45) is 0 Å². The van der Waals surface area contributed by atoms with E-state index in [1.165, 1.54) is 0 Å². The van der Waals surface area contributed by atoms with Gasteiger partial charge < -0.3 is 10.1 Å². The predicted molar refractivity (Wildman–Crippen MR) is 111 cm³/mol. The lowest BCUT2D eigenvalue weighted by molar-refractivity contribution is 0.0599. The van der Waals surface area contributed by atoms with Crippen LogP contribution in [0.4, 0.5) is 27.5 Å². The Morgan fingerprint density at radius 1 is 0.741 bits per heavy atom. The van der Waals surface area contributed by atoms with Crippen molar-refractivity contribution in [1.29, 1.82) is 0 Å². The Balaban J connectivity index is 1.87. The molecule has 138 valence electrons. The van der Waals surface area contributed by atoms with Crippen LogP contribution in [0.3, 0.4) is 0 Å². The summed E-state index contributed by atoms with van der Waals surface area (Å²) in [5, 5.41) is 3.34. The average Bonchev–Trinajstić information content (AvgIpc) is 2.64. The molecular formula is C23H24N2O2. The number of amides is 1. The Morgan fingerprint density at radius 3 is 1.78 bits per heavy atom. The van der Waals surface area contributed by atoms with Gasteiger partial charge in [-0.05, 0) is 69.3 Å². The second-order valence-corrected chi connectivity index (χ2v) is 7.19. The summed E-state index contributed by atoms with van der Waals surface area (Å²) in [6, 6.07) is 27.2. The zero-order valence-corrected chi connectivity index (χ0v) is 15.8. The molecule has 4 nitrogen and oxygen atoms in total. The molecule has 1 amide bonds. The molecule has 0 saturated carbocycles. The minimum atomic E-state index is -0.571. The topological polar surface area (TPSA) is 41.6 Å². The van der Waals surface area contributed by atoms with E-state index in [1.807, 2.05) is 106 Å². The molecule has 0 radical (unpaired) electrons. The minimum absolute atomic E-state index is 0.405. The van der Waals surface area contributed by atoms with Crippen molar-refractivity contribution in [3.05, 3.63) is 84.9 Å². The highest BCUT2D eigenvalue weighted by Crippen LogP contribution is 2.29. The van der Waals surface area contributed by atoms with Gasteiger partial charge in [0, 0.05) is 11.4 Å². The van der Waals surface area contributed by atoms with Crippen LogP contribution in [0.2, 0.25) is 0 Å². The van der Waals surface area contributed by atoms with Crippen LogP contribution in [-0.2, 0) is 4.74 Å². The van der Waals surface area contributed by atoms with Crippen molar-refractivity contribution in [2.45, 2.75) is 26.4 Å². The molecule has 0 spiro atoms. The average molecular weight is 360 g/mol. The highest BCUT2D eigenvalue weighted by atomic mass is 16.6. The third kappa shape index (κ3) is 5.11. The van der Waals surface area contributed by atoms with E-state index in [1.54, 1.807) is 4.90 Å². The summed E-state index contributed by atoms with van der Waals surface area (Å²) < 4.78 is 5.61. The van der Waals surface area contributed by atoms with Crippen LogP contribution >= 0.6 is 0 Å². The number of nitrogens with zero attached hydrogens (tertiary/aromatic N) is 1. The van der Waals surface area contributed by atoms with Crippen LogP contribution in [0, 0.1) is 0 Å². The molecule has 0 fully saturated rings. The molecule has 0 unspecified atom stereocenters. The molecule has 0 aliphatic rings. The highest BCUT2D eigenvalue weighted by Gasteiger charge is 2.24. The maximum Gasteiger partial charge on any atom is 0.419 e. The Hall–Kier alpha value is -3.27. The second kappa shape index (κ2) is 7.96. The van der Waals surface area contributed by atoms with Gasteiger partial charge in [0.15, 0.2) is 0 Å². The Labute approximate surface area is 160 Å². The lowest BCUT2D eigenvalue weighted by atomic mass is 10.2. The fourth-order valence-corrected chi connectivity index (χ4v) is 2.63. The van der Waals surface area contributed by atoms with Gasteiger partial charge in [-0.1, -0.05) is 36.4 Å². The van der Waals surface area contributed by atoms with E-state index in [0.717, 1.165) is 22.7 Å². The molecular weight excluding hydrogens is 336 g/mol. The van der Waals surface area contributed by atoms with Crippen molar-refractivity contribution < 1.29 is 9.53 Å². The number of ether oxygens (including phenoxy) is 1. The third-order valence-corrected chi connectivity index (χ3v) is 3.78. The number of anilines is 4. The van der Waals surface area contributed by atoms with Gasteiger partial charge >= 0.3 is 6.09 Å². The molecule has 1 N–H and O–H groups in total. The summed E-state index contributed by atoms with van der Waals surface area (Å²) >= 11 is 0. The number of rotatable bonds is 4. The van der Waals surface area contributed by atoms with Crippen LogP contribution in [0.1, 0.15) is 20.8 Å². The number of nitrogens with one attached hydrogen (secondary N) is 1. The van der Waals surface area contributed by atoms with Gasteiger partial charge in [0.25, 0.3) is 0 Å². The molecule has 27 heavy (non-hydrogen) atoms. The SMILES string of the molecule is CC(C)(C)OC(=O)N(c1ccccc1)c1ccc(Nc2ccccc2)cc1. The van der Waals surface area contributed by atoms with Crippen molar-refractivity contribution in [2.75, 3.05) is 10.2 Å². The first-order chi connectivity index (χ1) is 12.9. The van der Waals surface area contributed by atoms with Crippen LogP contribution in [0.5, 0.6) is 0 Å². The maximum atomic E-state index is 12.8. The smallest absolute Gasteiger partial charge is 0.419 e. The molecule has 0 atom stereocenters. The van der Waals surface area contributed by atoms with E-state index in [9.17, 15) is 4.79 Å². The molecule has 0 saturated heterocycles. The highest BCUT2D eigenvalue weighted by molar-refractivity contribution is 5.96. The summed E-state index contributed by atoms with van der Waals surface area (Å²) in [6.07, 6.45) is -0.405. The Kier molecular flexibility index (Phi) is 5.46. The molecule has 4 heteroatoms. The second-order valence-electron chi connectivity index (χ2n) is 7.19. The molecule has 0 aliphatic carbocycles. The van der Waals surface area contributed by atoms with E-state index in [4.69, 9.17) is 4.74 Å². The molecule has 0 heterocycles. The number of benzene rings is 3. The third-order valence-electron chi connectivity index (χ3n) is 3.78. The van der Waals surface area contributed by atoms with Crippen LogP contribution in [0.25, 0.3) is 0 Å². The Bertz CT molecular complexity index is 870. The van der Waals surface area contributed by atoms with Crippen LogP contribution in [-0.4, -0.2) is 11.7 Å². The zero-order valence-electron chi connectivity index (χ0n) is 15.8. The number of carbonyl (C=O) groups excluding carboxylic acids is 1. The summed E-state index contributed by atoms with van der Waals surface area (Å²) in [4.78, 5) is 14.4. The number of para-hydroxylation sites is 2. The molecule has 0 aromatic heterocycles. The Morgan fingerprint density at radius 2 is 1.22 bits per heavy atom. The first-order valence-electron chi connectivity index (χ1n) is 8.93. The lowest BCUT2D eigenvalue weighted by Gasteiger charge is -2.27. The fraction of sp³-hybridized carbons (Fsp3) is 0.174. The normalized spacial score (nSPS) is 10.9. The van der Waals surface area contributed by atoms with Gasteiger partial charge in [0.1, 0.15) is 5.60 Å². The first-order valence-corrected chi connectivity index (χ1v) is 8.93. The number of carbonyl (C=O) groups is 1. The van der Waals surface area contributed by atoms with Gasteiger partial charge in [-0.25, -0.2) is 9.69 Å². The first kappa shape index (κ1) is 18.5. The monoisotopic (exact) mass is 360 g/mol. The molecule has 0 bridgehead atoms. The zero-order chi connectivity index (χ0) is 19.3. The van der Waals surface area contributed by atoms with Gasteiger partial charge in [0.05, 0.1) is 11.4 Å². The summed E-state index contributed by atoms with van der Waals surface area (Å²) in [5.41, 5.74) is 2.89. The van der Waals surface area contributed by atoms with Crippen molar-refractivity contribution in [3.63, 3.8) is 0 Å². The van der Waals surface area contributed by atoms with Gasteiger partial charge in [-0.15, -0.1) is 0 Å². The van der Waals surface area contributed by atoms with E-state index in [-0.39, 0.29) is 0 Å². The molecule has 3 aromatic carbocycles. The summed E-state index contributed by atoms with van der Waals surface area (Å²) in [7, 11) is 0. The van der Waals surface area contributed by atoms with Crippen molar-refractivity contribution in [1.82, 2.24) is 0 Å². The molecule has 3 rings (SSSR count). The maximum absolute atomic E-state index is 12.8. The fourth-order valence-electron chi connectivity index (χ4n) is 2.63. The van der Waals surface area contributed by atoms with Crippen molar-refractivity contribution in [3.8, 4) is 0 Å².